The fourth-order valence-electron chi connectivity index (χ4n) is 1.57. The maximum absolute atomic E-state index is 13.2. The molecule has 0 heterocycles. The average Bonchev–Trinajstić information content (AvgIpc) is 2.19. The van der Waals surface area contributed by atoms with Crippen LogP contribution in [0.3, 0.4) is 0 Å². The van der Waals surface area contributed by atoms with Gasteiger partial charge in [0.1, 0.15) is 0 Å². The maximum Gasteiger partial charge on any atom is 0.459 e. The first-order valence-corrected chi connectivity index (χ1v) is 4.88. The Morgan fingerprint density at radius 3 is 1.00 bits per heavy atom. The van der Waals surface area contributed by atoms with Crippen molar-refractivity contribution in [2.45, 2.75) is 36.8 Å². The summed E-state index contributed by atoms with van der Waals surface area (Å²) in [4.78, 5) is 0. The Kier molecular flexibility index (Phi) is 5.07. The minimum Gasteiger partial charge on any atom is -0.396 e. The largest absolute Gasteiger partial charge is 0.459 e. The van der Waals surface area contributed by atoms with Crippen LogP contribution in [-0.4, -0.2) is 42.1 Å². The van der Waals surface area contributed by atoms with Crippen LogP contribution in [0.5, 0.6) is 0 Å². The number of aliphatic hydroxyl groups excluding tert-OH is 1. The Hall–Kier alpha value is -0.950. The van der Waals surface area contributed by atoms with Crippen molar-refractivity contribution in [1.82, 2.24) is 0 Å². The summed E-state index contributed by atoms with van der Waals surface area (Å²) in [5.74, 6) is -15.3. The second kappa shape index (κ2) is 5.30. The number of halogens is 13. The van der Waals surface area contributed by atoms with E-state index < -0.39 is 48.8 Å². The van der Waals surface area contributed by atoms with E-state index in [1.54, 1.807) is 0 Å². The number of rotatable bonds is 4. The second-order valence-electron chi connectivity index (χ2n) is 4.02. The summed E-state index contributed by atoms with van der Waals surface area (Å²) in [6.45, 7) is -2.37. The van der Waals surface area contributed by atoms with E-state index in [0.29, 0.717) is 0 Å². The molecule has 1 nitrogen and oxygen atoms in total. The van der Waals surface area contributed by atoms with E-state index in [2.05, 4.69) is 0 Å². The van der Waals surface area contributed by atoms with Gasteiger partial charge in [0.25, 0.3) is 0 Å². The van der Waals surface area contributed by atoms with Gasteiger partial charge < -0.3 is 5.11 Å². The van der Waals surface area contributed by atoms with E-state index in [0.717, 1.165) is 0 Å². The highest BCUT2D eigenvalue weighted by Gasteiger charge is 2.91. The first kappa shape index (κ1) is 21.0. The fraction of sp³-hybridized carbons (Fsp3) is 1.00. The summed E-state index contributed by atoms with van der Waals surface area (Å²) in [6, 6.07) is 0. The van der Waals surface area contributed by atoms with Crippen LogP contribution in [0, 0.1) is 5.41 Å². The third kappa shape index (κ3) is 2.69. The molecule has 0 saturated heterocycles. The van der Waals surface area contributed by atoms with Crippen LogP contribution in [0.25, 0.3) is 0 Å². The van der Waals surface area contributed by atoms with Crippen molar-refractivity contribution in [3.63, 3.8) is 0 Å². The summed E-state index contributed by atoms with van der Waals surface area (Å²) < 4.78 is 162. The summed E-state index contributed by atoms with van der Waals surface area (Å²) in [6.07, 6.45) is -25.1. The zero-order chi connectivity index (χ0) is 18.4. The SMILES string of the molecule is OCCC(C(F)(F)F)(C(F)(F)F)C(F)(F)C(F)(F)C(F)(F)F. The minimum absolute atomic E-state index is 2.37. The molecule has 0 radical (unpaired) electrons. The predicted octanol–water partition coefficient (Wildman–Crippen LogP) is 4.31. The van der Waals surface area contributed by atoms with Gasteiger partial charge in [-0.2, -0.15) is 57.1 Å². The first-order valence-electron chi connectivity index (χ1n) is 4.88. The molecule has 0 aliphatic heterocycles. The molecule has 0 unspecified atom stereocenters. The number of alkyl halides is 13. The summed E-state index contributed by atoms with van der Waals surface area (Å²) >= 11 is 0. The highest BCUT2D eigenvalue weighted by molar-refractivity contribution is 5.10. The molecular weight excluding hydrogens is 359 g/mol. The molecular formula is C8H5F13O. The van der Waals surface area contributed by atoms with E-state index in [9.17, 15) is 57.1 Å². The van der Waals surface area contributed by atoms with Gasteiger partial charge in [-0.15, -0.1) is 0 Å². The monoisotopic (exact) mass is 364 g/mol. The third-order valence-corrected chi connectivity index (χ3v) is 2.74. The smallest absolute Gasteiger partial charge is 0.396 e. The number of hydrogen-bond donors (Lipinski definition) is 1. The molecule has 0 aliphatic rings. The van der Waals surface area contributed by atoms with Crippen molar-refractivity contribution >= 4 is 0 Å². The van der Waals surface area contributed by atoms with Crippen molar-refractivity contribution in [3.8, 4) is 0 Å². The highest BCUT2D eigenvalue weighted by atomic mass is 19.4. The molecule has 0 bridgehead atoms. The zero-order valence-electron chi connectivity index (χ0n) is 9.77. The lowest BCUT2D eigenvalue weighted by molar-refractivity contribution is -0.462. The van der Waals surface area contributed by atoms with Gasteiger partial charge in [0.05, 0.1) is 0 Å². The van der Waals surface area contributed by atoms with E-state index >= 15 is 0 Å². The average molecular weight is 364 g/mol. The number of hydrogen-bond acceptors (Lipinski definition) is 1. The molecule has 14 heteroatoms. The van der Waals surface area contributed by atoms with E-state index in [1.807, 2.05) is 0 Å². The van der Waals surface area contributed by atoms with Crippen LogP contribution in [0.15, 0.2) is 0 Å². The van der Waals surface area contributed by atoms with E-state index in [-0.39, 0.29) is 0 Å². The van der Waals surface area contributed by atoms with Gasteiger partial charge in [-0.05, 0) is 6.42 Å². The molecule has 22 heavy (non-hydrogen) atoms. The van der Waals surface area contributed by atoms with Gasteiger partial charge >= 0.3 is 30.4 Å². The zero-order valence-corrected chi connectivity index (χ0v) is 9.77. The predicted molar refractivity (Wildman–Crippen MR) is 42.2 cm³/mol. The molecule has 0 aromatic heterocycles. The van der Waals surface area contributed by atoms with Crippen LogP contribution >= 0.6 is 0 Å². The van der Waals surface area contributed by atoms with Crippen molar-refractivity contribution in [2.24, 2.45) is 5.41 Å². The maximum atomic E-state index is 13.2. The van der Waals surface area contributed by atoms with Crippen LogP contribution in [0.4, 0.5) is 57.1 Å². The normalized spacial score (nSPS) is 16.1. The molecule has 0 saturated carbocycles. The Morgan fingerprint density at radius 2 is 0.818 bits per heavy atom. The number of aliphatic hydroxyl groups is 1. The third-order valence-electron chi connectivity index (χ3n) is 2.74. The highest BCUT2D eigenvalue weighted by Crippen LogP contribution is 2.66. The molecule has 0 rings (SSSR count). The van der Waals surface area contributed by atoms with Crippen LogP contribution in [-0.2, 0) is 0 Å². The molecule has 0 aromatic carbocycles. The molecule has 0 fully saturated rings. The Labute approximate surface area is 112 Å². The molecule has 0 aromatic rings. The van der Waals surface area contributed by atoms with E-state index in [1.165, 1.54) is 0 Å². The lowest BCUT2D eigenvalue weighted by Crippen LogP contribution is -2.70. The first-order chi connectivity index (χ1) is 9.31. The van der Waals surface area contributed by atoms with Gasteiger partial charge in [0, 0.05) is 6.61 Å². The van der Waals surface area contributed by atoms with Crippen molar-refractivity contribution in [3.05, 3.63) is 0 Å². The Bertz CT molecular complexity index is 372. The van der Waals surface area contributed by atoms with E-state index in [4.69, 9.17) is 5.11 Å². The topological polar surface area (TPSA) is 20.2 Å². The molecule has 0 atom stereocenters. The summed E-state index contributed by atoms with van der Waals surface area (Å²) in [5.41, 5.74) is -6.79. The van der Waals surface area contributed by atoms with Gasteiger partial charge in [-0.25, -0.2) is 0 Å². The van der Waals surface area contributed by atoms with Gasteiger partial charge in [-0.3, -0.25) is 0 Å². The molecule has 0 spiro atoms. The van der Waals surface area contributed by atoms with Crippen molar-refractivity contribution in [1.29, 1.82) is 0 Å². The van der Waals surface area contributed by atoms with Crippen LogP contribution in [0.2, 0.25) is 0 Å². The quantitative estimate of drug-likeness (QED) is 0.737. The summed E-state index contributed by atoms with van der Waals surface area (Å²) in [7, 11) is 0. The standard InChI is InChI=1S/C8H5F13O/c9-4(10,5(11,12)8(19,20)21)3(1-2-22,6(13,14)15)7(16,17)18/h22H,1-2H2. The van der Waals surface area contributed by atoms with Crippen molar-refractivity contribution < 1.29 is 62.2 Å². The fourth-order valence-corrected chi connectivity index (χ4v) is 1.57. The molecule has 0 amide bonds. The van der Waals surface area contributed by atoms with Crippen molar-refractivity contribution in [2.75, 3.05) is 6.61 Å². The Morgan fingerprint density at radius 1 is 0.500 bits per heavy atom. The second-order valence-corrected chi connectivity index (χ2v) is 4.02. The Balaban J connectivity index is 6.69. The van der Waals surface area contributed by atoms with Crippen LogP contribution in [0.1, 0.15) is 6.42 Å². The lowest BCUT2D eigenvalue weighted by atomic mass is 9.73. The molecule has 134 valence electrons. The minimum atomic E-state index is -7.66. The molecule has 0 aliphatic carbocycles. The van der Waals surface area contributed by atoms with Crippen LogP contribution < -0.4 is 0 Å². The summed E-state index contributed by atoms with van der Waals surface area (Å²) in [5, 5.41) is 8.10. The van der Waals surface area contributed by atoms with Gasteiger partial charge in [0.15, 0.2) is 0 Å². The lowest BCUT2D eigenvalue weighted by Gasteiger charge is -2.45. The van der Waals surface area contributed by atoms with Gasteiger partial charge in [-0.1, -0.05) is 0 Å². The van der Waals surface area contributed by atoms with Gasteiger partial charge in [0.2, 0.25) is 5.41 Å². The molecule has 1 N–H and O–H groups in total.